The fourth-order valence-corrected chi connectivity index (χ4v) is 1.96. The molecule has 1 atom stereocenters. The Hall–Kier alpha value is -1.66. The summed E-state index contributed by atoms with van der Waals surface area (Å²) < 4.78 is 12.8. The largest absolute Gasteiger partial charge is 0.322 e. The van der Waals surface area contributed by atoms with E-state index in [0.29, 0.717) is 5.56 Å². The smallest absolute Gasteiger partial charge is 0.318 e. The molecule has 1 aromatic carbocycles. The van der Waals surface area contributed by atoms with Gasteiger partial charge in [0.05, 0.1) is 0 Å². The first-order valence-corrected chi connectivity index (χ1v) is 5.19. The Balaban J connectivity index is 2.44. The Bertz CT molecular complexity index is 465. The Morgan fingerprint density at radius 3 is 2.41 bits per heavy atom. The van der Waals surface area contributed by atoms with Gasteiger partial charge < -0.3 is 5.32 Å². The number of carbonyl (C=O) groups excluding carboxylic acids is 2. The molecule has 1 unspecified atom stereocenters. The number of rotatable bonds is 3. The minimum absolute atomic E-state index is 0.00222. The van der Waals surface area contributed by atoms with Crippen LogP contribution >= 0.6 is 11.8 Å². The number of nitrogens with one attached hydrogen (secondary N) is 3. The fourth-order valence-electron chi connectivity index (χ4n) is 1.76. The lowest BCUT2D eigenvalue weighted by molar-refractivity contribution is -0.124. The summed E-state index contributed by atoms with van der Waals surface area (Å²) in [5.41, 5.74) is -0.845. The number of hydrogen-bond acceptors (Lipinski definition) is 3. The van der Waals surface area contributed by atoms with Crippen LogP contribution in [0.5, 0.6) is 0 Å². The summed E-state index contributed by atoms with van der Waals surface area (Å²) in [6.07, 6.45) is 0. The average molecular weight is 258 g/mol. The molecule has 0 spiro atoms. The van der Waals surface area contributed by atoms with Gasteiger partial charge in [-0.25, -0.2) is 14.0 Å². The Kier molecular flexibility index (Phi) is 2.99. The minimum atomic E-state index is -1.30. The molecular formula is C10H9ClFN3O2. The number of carbonyl (C=O) groups is 2. The molecule has 3 N–H and O–H groups in total. The molecule has 1 aromatic rings. The van der Waals surface area contributed by atoms with Crippen molar-refractivity contribution in [3.05, 3.63) is 35.6 Å². The molecule has 0 saturated carbocycles. The van der Waals surface area contributed by atoms with Crippen LogP contribution in [0, 0.1) is 5.82 Å². The normalized spacial score (nSPS) is 23.4. The molecule has 0 bridgehead atoms. The Labute approximate surface area is 101 Å². The second-order valence-corrected chi connectivity index (χ2v) is 3.90. The molecule has 3 amide bonds. The molecule has 0 aromatic heterocycles. The number of halogens is 2. The average Bonchev–Trinajstić information content (AvgIpc) is 2.56. The van der Waals surface area contributed by atoms with E-state index in [1.54, 1.807) is 0 Å². The molecule has 1 aliphatic heterocycles. The second kappa shape index (κ2) is 4.31. The molecule has 5 nitrogen and oxygen atoms in total. The first-order chi connectivity index (χ1) is 8.08. The van der Waals surface area contributed by atoms with E-state index in [4.69, 9.17) is 11.8 Å². The summed E-state index contributed by atoms with van der Waals surface area (Å²) in [6, 6.07) is 4.67. The maximum atomic E-state index is 12.8. The van der Waals surface area contributed by atoms with E-state index in [1.165, 1.54) is 24.3 Å². The molecule has 1 heterocycles. The SMILES string of the molecule is O=C1NC(=O)C(CNCl)(c2ccc(F)cc2)N1. The van der Waals surface area contributed by atoms with E-state index in [0.717, 1.165) is 0 Å². The monoisotopic (exact) mass is 257 g/mol. The van der Waals surface area contributed by atoms with Gasteiger partial charge in [0.15, 0.2) is 5.54 Å². The van der Waals surface area contributed by atoms with Gasteiger partial charge in [0, 0.05) is 6.54 Å². The maximum absolute atomic E-state index is 12.8. The number of urea groups is 1. The molecule has 2 rings (SSSR count). The highest BCUT2D eigenvalue weighted by molar-refractivity contribution is 6.14. The second-order valence-electron chi connectivity index (χ2n) is 3.63. The van der Waals surface area contributed by atoms with Gasteiger partial charge in [0.25, 0.3) is 5.91 Å². The van der Waals surface area contributed by atoms with Crippen molar-refractivity contribution in [2.45, 2.75) is 5.54 Å². The highest BCUT2D eigenvalue weighted by Crippen LogP contribution is 2.24. The van der Waals surface area contributed by atoms with Crippen LogP contribution in [0.1, 0.15) is 5.56 Å². The topological polar surface area (TPSA) is 70.2 Å². The third-order valence-corrected chi connectivity index (χ3v) is 2.74. The Morgan fingerprint density at radius 1 is 1.29 bits per heavy atom. The number of hydrogen-bond donors (Lipinski definition) is 3. The van der Waals surface area contributed by atoms with Crippen LogP contribution < -0.4 is 15.5 Å². The lowest BCUT2D eigenvalue weighted by atomic mass is 9.90. The summed E-state index contributed by atoms with van der Waals surface area (Å²) in [4.78, 5) is 25.3. The van der Waals surface area contributed by atoms with Crippen molar-refractivity contribution in [1.29, 1.82) is 0 Å². The summed E-state index contributed by atoms with van der Waals surface area (Å²) >= 11 is 5.41. The van der Waals surface area contributed by atoms with E-state index in [-0.39, 0.29) is 6.54 Å². The van der Waals surface area contributed by atoms with E-state index >= 15 is 0 Å². The van der Waals surface area contributed by atoms with Crippen molar-refractivity contribution >= 4 is 23.7 Å². The molecule has 1 aliphatic rings. The van der Waals surface area contributed by atoms with Gasteiger partial charge in [-0.15, -0.1) is 0 Å². The van der Waals surface area contributed by atoms with Crippen molar-refractivity contribution in [2.24, 2.45) is 0 Å². The van der Waals surface area contributed by atoms with Gasteiger partial charge in [-0.2, -0.15) is 0 Å². The van der Waals surface area contributed by atoms with Gasteiger partial charge in [-0.3, -0.25) is 10.1 Å². The summed E-state index contributed by atoms with van der Waals surface area (Å²) in [7, 11) is 0. The quantitative estimate of drug-likeness (QED) is 0.549. The van der Waals surface area contributed by atoms with Crippen molar-refractivity contribution in [3.63, 3.8) is 0 Å². The van der Waals surface area contributed by atoms with Gasteiger partial charge in [0.1, 0.15) is 5.82 Å². The number of benzene rings is 1. The molecule has 1 fully saturated rings. The third-order valence-electron chi connectivity index (χ3n) is 2.61. The van der Waals surface area contributed by atoms with Gasteiger partial charge >= 0.3 is 6.03 Å². The van der Waals surface area contributed by atoms with Crippen LogP contribution in [0.2, 0.25) is 0 Å². The van der Waals surface area contributed by atoms with Crippen molar-refractivity contribution in [3.8, 4) is 0 Å². The highest BCUT2D eigenvalue weighted by atomic mass is 35.5. The van der Waals surface area contributed by atoms with Crippen LogP contribution in [0.15, 0.2) is 24.3 Å². The molecule has 0 aliphatic carbocycles. The lowest BCUT2D eigenvalue weighted by Crippen LogP contribution is -2.49. The Morgan fingerprint density at radius 2 is 1.94 bits per heavy atom. The van der Waals surface area contributed by atoms with Gasteiger partial charge in [-0.1, -0.05) is 12.1 Å². The van der Waals surface area contributed by atoms with E-state index in [2.05, 4.69) is 15.5 Å². The van der Waals surface area contributed by atoms with E-state index in [1.807, 2.05) is 0 Å². The summed E-state index contributed by atoms with van der Waals surface area (Å²) in [5.74, 6) is -0.949. The molecule has 7 heteroatoms. The van der Waals surface area contributed by atoms with Crippen molar-refractivity contribution in [2.75, 3.05) is 6.54 Å². The molecule has 0 radical (unpaired) electrons. The predicted octanol–water partition coefficient (Wildman–Crippen LogP) is 0.604. The van der Waals surface area contributed by atoms with Gasteiger partial charge in [0.2, 0.25) is 0 Å². The van der Waals surface area contributed by atoms with Crippen LogP contribution in [0.4, 0.5) is 9.18 Å². The van der Waals surface area contributed by atoms with Gasteiger partial charge in [-0.05, 0) is 29.5 Å². The zero-order valence-electron chi connectivity index (χ0n) is 8.59. The zero-order chi connectivity index (χ0) is 12.5. The maximum Gasteiger partial charge on any atom is 0.322 e. The predicted molar refractivity (Wildman–Crippen MR) is 58.6 cm³/mol. The summed E-state index contributed by atoms with van der Waals surface area (Å²) in [6.45, 7) is -0.00222. The third kappa shape index (κ3) is 1.96. The fraction of sp³-hybridized carbons (Fsp3) is 0.200. The van der Waals surface area contributed by atoms with Crippen LogP contribution in [-0.2, 0) is 10.3 Å². The van der Waals surface area contributed by atoms with E-state index in [9.17, 15) is 14.0 Å². The first-order valence-electron chi connectivity index (χ1n) is 4.81. The molecule has 1 saturated heterocycles. The van der Waals surface area contributed by atoms with Crippen molar-refractivity contribution in [1.82, 2.24) is 15.5 Å². The lowest BCUT2D eigenvalue weighted by Gasteiger charge is -2.25. The number of amides is 3. The summed E-state index contributed by atoms with van der Waals surface area (Å²) in [5, 5.41) is 4.61. The zero-order valence-corrected chi connectivity index (χ0v) is 9.34. The molecular weight excluding hydrogens is 249 g/mol. The van der Waals surface area contributed by atoms with Crippen LogP contribution in [0.3, 0.4) is 0 Å². The molecule has 90 valence electrons. The minimum Gasteiger partial charge on any atom is -0.318 e. The number of imide groups is 1. The van der Waals surface area contributed by atoms with Crippen molar-refractivity contribution < 1.29 is 14.0 Å². The highest BCUT2D eigenvalue weighted by Gasteiger charge is 2.47. The van der Waals surface area contributed by atoms with E-state index < -0.39 is 23.3 Å². The van der Waals surface area contributed by atoms with Crippen LogP contribution in [0.25, 0.3) is 0 Å². The first kappa shape index (κ1) is 11.8. The molecule has 17 heavy (non-hydrogen) atoms. The van der Waals surface area contributed by atoms with Crippen LogP contribution in [-0.4, -0.2) is 18.5 Å². The standard InChI is InChI=1S/C10H9ClFN3O2/c11-13-5-10(8(16)14-9(17)15-10)6-1-3-7(12)4-2-6/h1-4,13H,5H2,(H2,14,15,16,17).